The zero-order chi connectivity index (χ0) is 16.1. The van der Waals surface area contributed by atoms with Crippen LogP contribution in [0.4, 0.5) is 13.2 Å². The van der Waals surface area contributed by atoms with E-state index in [1.165, 1.54) is 4.68 Å². The topological polar surface area (TPSA) is 41.6 Å². The Hall–Kier alpha value is -1.71. The smallest absolute Gasteiger partial charge is 0.236 e. The van der Waals surface area contributed by atoms with Crippen molar-refractivity contribution < 1.29 is 13.2 Å². The highest BCUT2D eigenvalue weighted by Crippen LogP contribution is 2.43. The minimum atomic E-state index is -4.53. The molecule has 8 heteroatoms. The molecule has 0 unspecified atom stereocenters. The van der Waals surface area contributed by atoms with Gasteiger partial charge in [0.2, 0.25) is 0 Å². The molecule has 0 spiro atoms. The fourth-order valence-corrected chi connectivity index (χ4v) is 2.89. The minimum Gasteiger partial charge on any atom is -0.236 e. The minimum absolute atomic E-state index is 0.139. The Balaban J connectivity index is 2.11. The van der Waals surface area contributed by atoms with Crippen LogP contribution in [0.2, 0.25) is 10.0 Å². The predicted octanol–water partition coefficient (Wildman–Crippen LogP) is 4.95. The van der Waals surface area contributed by atoms with Crippen LogP contribution in [0.1, 0.15) is 35.6 Å². The molecular weight excluding hydrogens is 338 g/mol. The van der Waals surface area contributed by atoms with E-state index in [1.54, 1.807) is 6.20 Å². The van der Waals surface area contributed by atoms with E-state index >= 15 is 0 Å². The molecule has 22 heavy (non-hydrogen) atoms. The van der Waals surface area contributed by atoms with Gasteiger partial charge in [-0.3, -0.25) is 0 Å². The number of alkyl halides is 3. The number of hydrogen-bond donors (Lipinski definition) is 0. The first kappa shape index (κ1) is 15.2. The molecular formula is C14H8Cl2F3N3. The third kappa shape index (κ3) is 2.67. The highest BCUT2D eigenvalue weighted by Gasteiger charge is 2.33. The summed E-state index contributed by atoms with van der Waals surface area (Å²) in [5, 5.41) is 12.8. The van der Waals surface area contributed by atoms with Crippen molar-refractivity contribution in [1.29, 1.82) is 5.26 Å². The Morgan fingerprint density at radius 1 is 1.23 bits per heavy atom. The average Bonchev–Trinajstić information content (AvgIpc) is 3.18. The normalized spacial score (nSPS) is 14.9. The van der Waals surface area contributed by atoms with Gasteiger partial charge in [-0.1, -0.05) is 23.2 Å². The lowest BCUT2D eigenvalue weighted by Gasteiger charge is -2.12. The SMILES string of the molecule is N#Cc1nn(-c2c(Cl)cc(C(F)(F)F)cc2Cl)cc1C1CC1. The number of aromatic nitrogens is 2. The number of nitriles is 1. The maximum absolute atomic E-state index is 12.7. The van der Waals surface area contributed by atoms with Crippen molar-refractivity contribution in [2.24, 2.45) is 0 Å². The van der Waals surface area contributed by atoms with Crippen molar-refractivity contribution in [2.45, 2.75) is 24.9 Å². The summed E-state index contributed by atoms with van der Waals surface area (Å²) in [4.78, 5) is 0. The van der Waals surface area contributed by atoms with Gasteiger partial charge in [0.15, 0.2) is 5.69 Å². The van der Waals surface area contributed by atoms with Crippen molar-refractivity contribution in [1.82, 2.24) is 9.78 Å². The molecule has 1 heterocycles. The van der Waals surface area contributed by atoms with E-state index in [4.69, 9.17) is 28.5 Å². The first-order valence-corrected chi connectivity index (χ1v) is 7.13. The van der Waals surface area contributed by atoms with Crippen LogP contribution in [0.3, 0.4) is 0 Å². The molecule has 1 aromatic carbocycles. The molecule has 3 nitrogen and oxygen atoms in total. The van der Waals surface area contributed by atoms with Crippen LogP contribution in [-0.2, 0) is 6.18 Å². The van der Waals surface area contributed by atoms with Gasteiger partial charge in [0.1, 0.15) is 11.8 Å². The Labute approximate surface area is 133 Å². The number of nitrogens with zero attached hydrogens (tertiary/aromatic N) is 3. The van der Waals surface area contributed by atoms with E-state index in [0.717, 1.165) is 30.5 Å². The summed E-state index contributed by atoms with van der Waals surface area (Å²) < 4.78 is 39.5. The fourth-order valence-electron chi connectivity index (χ4n) is 2.23. The lowest BCUT2D eigenvalue weighted by molar-refractivity contribution is -0.137. The summed E-state index contributed by atoms with van der Waals surface area (Å²) in [5.74, 6) is 0.274. The Morgan fingerprint density at radius 3 is 2.27 bits per heavy atom. The van der Waals surface area contributed by atoms with E-state index in [-0.39, 0.29) is 27.3 Å². The average molecular weight is 346 g/mol. The highest BCUT2D eigenvalue weighted by atomic mass is 35.5. The van der Waals surface area contributed by atoms with Crippen LogP contribution in [0.25, 0.3) is 5.69 Å². The molecule has 0 aliphatic heterocycles. The lowest BCUT2D eigenvalue weighted by Crippen LogP contribution is -2.07. The molecule has 0 amide bonds. The Bertz CT molecular complexity index is 763. The van der Waals surface area contributed by atoms with Gasteiger partial charge in [-0.15, -0.1) is 0 Å². The molecule has 1 aliphatic carbocycles. The van der Waals surface area contributed by atoms with Crippen molar-refractivity contribution in [3.63, 3.8) is 0 Å². The van der Waals surface area contributed by atoms with E-state index in [2.05, 4.69) is 5.10 Å². The van der Waals surface area contributed by atoms with Crippen LogP contribution >= 0.6 is 23.2 Å². The molecule has 0 bridgehead atoms. The largest absolute Gasteiger partial charge is 0.416 e. The Kier molecular flexibility index (Phi) is 3.58. The van der Waals surface area contributed by atoms with E-state index in [9.17, 15) is 13.2 Å². The van der Waals surface area contributed by atoms with Gasteiger partial charge in [-0.25, -0.2) is 4.68 Å². The second kappa shape index (κ2) is 5.18. The molecule has 3 rings (SSSR count). The van der Waals surface area contributed by atoms with Gasteiger partial charge >= 0.3 is 6.18 Å². The molecule has 1 aromatic heterocycles. The maximum Gasteiger partial charge on any atom is 0.416 e. The van der Waals surface area contributed by atoms with Crippen LogP contribution in [0, 0.1) is 11.3 Å². The van der Waals surface area contributed by atoms with Gasteiger partial charge in [0.05, 0.1) is 15.6 Å². The summed E-state index contributed by atoms with van der Waals surface area (Å²) in [6, 6.07) is 3.58. The van der Waals surface area contributed by atoms with Crippen molar-refractivity contribution in [3.8, 4) is 11.8 Å². The van der Waals surface area contributed by atoms with Crippen LogP contribution < -0.4 is 0 Å². The number of halogens is 5. The summed E-state index contributed by atoms with van der Waals surface area (Å²) >= 11 is 11.9. The van der Waals surface area contributed by atoms with E-state index in [1.807, 2.05) is 6.07 Å². The molecule has 0 saturated heterocycles. The molecule has 0 atom stereocenters. The number of hydrogen-bond acceptors (Lipinski definition) is 2. The predicted molar refractivity (Wildman–Crippen MR) is 75.3 cm³/mol. The molecule has 114 valence electrons. The van der Waals surface area contributed by atoms with Gasteiger partial charge < -0.3 is 0 Å². The lowest BCUT2D eigenvalue weighted by atomic mass is 10.2. The summed E-state index contributed by atoms with van der Waals surface area (Å²) in [5.41, 5.74) is 0.227. The first-order chi connectivity index (χ1) is 10.3. The summed E-state index contributed by atoms with van der Waals surface area (Å²) in [6.45, 7) is 0. The second-order valence-corrected chi connectivity index (χ2v) is 5.86. The van der Waals surface area contributed by atoms with Crippen LogP contribution in [-0.4, -0.2) is 9.78 Å². The molecule has 0 radical (unpaired) electrons. The van der Waals surface area contributed by atoms with E-state index in [0.29, 0.717) is 0 Å². The van der Waals surface area contributed by atoms with Gasteiger partial charge in [0, 0.05) is 11.8 Å². The third-order valence-electron chi connectivity index (χ3n) is 3.44. The Morgan fingerprint density at radius 2 is 1.82 bits per heavy atom. The summed E-state index contributed by atoms with van der Waals surface area (Å²) in [7, 11) is 0. The molecule has 2 aromatic rings. The third-order valence-corrected chi connectivity index (χ3v) is 4.02. The first-order valence-electron chi connectivity index (χ1n) is 6.37. The number of benzene rings is 1. The molecule has 1 fully saturated rings. The van der Waals surface area contributed by atoms with Crippen molar-refractivity contribution in [3.05, 3.63) is 45.2 Å². The van der Waals surface area contributed by atoms with Gasteiger partial charge in [-0.05, 0) is 30.9 Å². The molecule has 1 aliphatic rings. The molecule has 1 saturated carbocycles. The second-order valence-electron chi connectivity index (χ2n) is 5.05. The molecule has 0 N–H and O–H groups in total. The standard InChI is InChI=1S/C14H8Cl2F3N3/c15-10-3-8(14(17,18)19)4-11(16)13(10)22-6-9(7-1-2-7)12(5-20)21-22/h3-4,6-7H,1-2H2. The zero-order valence-electron chi connectivity index (χ0n) is 11.0. The monoisotopic (exact) mass is 345 g/mol. The quantitative estimate of drug-likeness (QED) is 0.772. The highest BCUT2D eigenvalue weighted by molar-refractivity contribution is 6.37. The fraction of sp³-hybridized carbons (Fsp3) is 0.286. The van der Waals surface area contributed by atoms with Crippen molar-refractivity contribution in [2.75, 3.05) is 0 Å². The number of rotatable bonds is 2. The summed E-state index contributed by atoms with van der Waals surface area (Å²) in [6.07, 6.45) is -0.993. The maximum atomic E-state index is 12.7. The van der Waals surface area contributed by atoms with Gasteiger partial charge in [0.25, 0.3) is 0 Å². The van der Waals surface area contributed by atoms with Crippen LogP contribution in [0.15, 0.2) is 18.3 Å². The van der Waals surface area contributed by atoms with Crippen LogP contribution in [0.5, 0.6) is 0 Å². The van der Waals surface area contributed by atoms with E-state index < -0.39 is 11.7 Å². The van der Waals surface area contributed by atoms with Gasteiger partial charge in [-0.2, -0.15) is 23.5 Å². The van der Waals surface area contributed by atoms with Crippen molar-refractivity contribution >= 4 is 23.2 Å². The zero-order valence-corrected chi connectivity index (χ0v) is 12.5.